The van der Waals surface area contributed by atoms with Gasteiger partial charge in [0.2, 0.25) is 0 Å². The standard InChI is InChI=1S/C16H24O3/c1-5-15(12(4)16(17)18)13-7-6-8-14(9-13)19-10-11(2)3/h6-9,11-12,15H,5,10H2,1-4H3,(H,17,18)/t12-,15-/m1/s1. The maximum absolute atomic E-state index is 11.1. The Labute approximate surface area is 115 Å². The Morgan fingerprint density at radius 3 is 2.53 bits per heavy atom. The molecule has 0 heterocycles. The molecule has 0 saturated heterocycles. The van der Waals surface area contributed by atoms with Crippen molar-refractivity contribution in [2.75, 3.05) is 6.61 Å². The second-order valence-electron chi connectivity index (χ2n) is 5.42. The van der Waals surface area contributed by atoms with E-state index in [4.69, 9.17) is 9.84 Å². The van der Waals surface area contributed by atoms with Crippen LogP contribution < -0.4 is 4.74 Å². The molecule has 1 rings (SSSR count). The zero-order chi connectivity index (χ0) is 14.4. The van der Waals surface area contributed by atoms with Crippen LogP contribution in [0.3, 0.4) is 0 Å². The second-order valence-corrected chi connectivity index (χ2v) is 5.42. The third-order valence-electron chi connectivity index (χ3n) is 3.30. The first-order chi connectivity index (χ1) is 8.95. The molecule has 0 unspecified atom stereocenters. The minimum absolute atomic E-state index is 0.0279. The Hall–Kier alpha value is -1.51. The van der Waals surface area contributed by atoms with Crippen molar-refractivity contribution in [3.05, 3.63) is 29.8 Å². The van der Waals surface area contributed by atoms with E-state index in [9.17, 15) is 4.79 Å². The van der Waals surface area contributed by atoms with Crippen molar-refractivity contribution >= 4 is 5.97 Å². The van der Waals surface area contributed by atoms with E-state index < -0.39 is 5.97 Å². The predicted octanol–water partition coefficient (Wildman–Crippen LogP) is 3.94. The van der Waals surface area contributed by atoms with Crippen molar-refractivity contribution in [2.24, 2.45) is 11.8 Å². The van der Waals surface area contributed by atoms with Gasteiger partial charge in [0, 0.05) is 0 Å². The Kier molecular flexibility index (Phi) is 5.87. The molecule has 3 heteroatoms. The maximum atomic E-state index is 11.1. The average Bonchev–Trinajstić information content (AvgIpc) is 2.37. The van der Waals surface area contributed by atoms with Crippen LogP contribution >= 0.6 is 0 Å². The molecule has 3 nitrogen and oxygen atoms in total. The summed E-state index contributed by atoms with van der Waals surface area (Å²) in [5, 5.41) is 9.16. The van der Waals surface area contributed by atoms with Crippen molar-refractivity contribution in [1.29, 1.82) is 0 Å². The Morgan fingerprint density at radius 1 is 1.32 bits per heavy atom. The van der Waals surface area contributed by atoms with Crippen molar-refractivity contribution in [1.82, 2.24) is 0 Å². The quantitative estimate of drug-likeness (QED) is 0.811. The smallest absolute Gasteiger partial charge is 0.306 e. The molecule has 1 N–H and O–H groups in total. The Morgan fingerprint density at radius 2 is 2.00 bits per heavy atom. The topological polar surface area (TPSA) is 46.5 Å². The summed E-state index contributed by atoms with van der Waals surface area (Å²) in [5.41, 5.74) is 1.04. The molecule has 19 heavy (non-hydrogen) atoms. The lowest BCUT2D eigenvalue weighted by Crippen LogP contribution is -2.18. The monoisotopic (exact) mass is 264 g/mol. The number of carbonyl (C=O) groups is 1. The van der Waals surface area contributed by atoms with E-state index in [0.717, 1.165) is 17.7 Å². The number of rotatable bonds is 7. The molecule has 0 aliphatic carbocycles. The molecule has 106 valence electrons. The van der Waals surface area contributed by atoms with Crippen LogP contribution in [0.4, 0.5) is 0 Å². The molecule has 0 aliphatic heterocycles. The van der Waals surface area contributed by atoms with Gasteiger partial charge < -0.3 is 9.84 Å². The number of hydrogen-bond acceptors (Lipinski definition) is 2. The van der Waals surface area contributed by atoms with E-state index in [1.54, 1.807) is 6.92 Å². The predicted molar refractivity (Wildman–Crippen MR) is 76.6 cm³/mol. The van der Waals surface area contributed by atoms with Gasteiger partial charge in [0.15, 0.2) is 0 Å². The molecule has 0 aliphatic rings. The molecule has 0 saturated carbocycles. The van der Waals surface area contributed by atoms with Crippen molar-refractivity contribution in [2.45, 2.75) is 40.0 Å². The second kappa shape index (κ2) is 7.17. The lowest BCUT2D eigenvalue weighted by Gasteiger charge is -2.20. The number of carboxylic acid groups (broad SMARTS) is 1. The van der Waals surface area contributed by atoms with E-state index in [2.05, 4.69) is 13.8 Å². The first-order valence-corrected chi connectivity index (χ1v) is 6.91. The highest BCUT2D eigenvalue weighted by Gasteiger charge is 2.23. The summed E-state index contributed by atoms with van der Waals surface area (Å²) >= 11 is 0. The summed E-state index contributed by atoms with van der Waals surface area (Å²) in [4.78, 5) is 11.1. The average molecular weight is 264 g/mol. The van der Waals surface area contributed by atoms with E-state index in [-0.39, 0.29) is 11.8 Å². The van der Waals surface area contributed by atoms with E-state index in [1.807, 2.05) is 31.2 Å². The molecule has 2 atom stereocenters. The fraction of sp³-hybridized carbons (Fsp3) is 0.562. The summed E-state index contributed by atoms with van der Waals surface area (Å²) in [6.07, 6.45) is 0.807. The van der Waals surface area contributed by atoms with Crippen molar-refractivity contribution < 1.29 is 14.6 Å². The van der Waals surface area contributed by atoms with Crippen LogP contribution in [-0.2, 0) is 4.79 Å². The number of benzene rings is 1. The van der Waals surface area contributed by atoms with Gasteiger partial charge in [-0.1, -0.05) is 39.8 Å². The van der Waals surface area contributed by atoms with Crippen LogP contribution in [0, 0.1) is 11.8 Å². The summed E-state index contributed by atoms with van der Waals surface area (Å²) in [6.45, 7) is 8.66. The van der Waals surface area contributed by atoms with Crippen molar-refractivity contribution in [3.63, 3.8) is 0 Å². The largest absolute Gasteiger partial charge is 0.493 e. The molecule has 0 fully saturated rings. The lowest BCUT2D eigenvalue weighted by atomic mass is 9.85. The molecule has 0 bridgehead atoms. The van der Waals surface area contributed by atoms with Gasteiger partial charge in [-0.3, -0.25) is 4.79 Å². The lowest BCUT2D eigenvalue weighted by molar-refractivity contribution is -0.141. The van der Waals surface area contributed by atoms with Gasteiger partial charge in [-0.15, -0.1) is 0 Å². The molecule has 1 aromatic carbocycles. The van der Waals surface area contributed by atoms with Gasteiger partial charge in [0.05, 0.1) is 12.5 Å². The molecule has 0 spiro atoms. The summed E-state index contributed by atoms with van der Waals surface area (Å²) in [5.74, 6) is 0.191. The minimum Gasteiger partial charge on any atom is -0.493 e. The zero-order valence-electron chi connectivity index (χ0n) is 12.2. The van der Waals surface area contributed by atoms with E-state index in [1.165, 1.54) is 0 Å². The highest BCUT2D eigenvalue weighted by Crippen LogP contribution is 2.30. The highest BCUT2D eigenvalue weighted by atomic mass is 16.5. The number of ether oxygens (including phenoxy) is 1. The van der Waals surface area contributed by atoms with Gasteiger partial charge >= 0.3 is 5.97 Å². The Balaban J connectivity index is 2.86. The molecular weight excluding hydrogens is 240 g/mol. The van der Waals surface area contributed by atoms with Crippen LogP contribution in [0.1, 0.15) is 45.6 Å². The number of aliphatic carboxylic acids is 1. The highest BCUT2D eigenvalue weighted by molar-refractivity contribution is 5.71. The van der Waals surface area contributed by atoms with Crippen LogP contribution in [-0.4, -0.2) is 17.7 Å². The normalized spacial score (nSPS) is 14.2. The van der Waals surface area contributed by atoms with Crippen LogP contribution in [0.5, 0.6) is 5.75 Å². The zero-order valence-corrected chi connectivity index (χ0v) is 12.2. The van der Waals surface area contributed by atoms with Gasteiger partial charge in [-0.05, 0) is 36.0 Å². The third kappa shape index (κ3) is 4.58. The van der Waals surface area contributed by atoms with Gasteiger partial charge in [-0.25, -0.2) is 0 Å². The fourth-order valence-corrected chi connectivity index (χ4v) is 2.15. The minimum atomic E-state index is -0.750. The fourth-order valence-electron chi connectivity index (χ4n) is 2.15. The van der Waals surface area contributed by atoms with Crippen molar-refractivity contribution in [3.8, 4) is 5.75 Å². The third-order valence-corrected chi connectivity index (χ3v) is 3.30. The molecular formula is C16H24O3. The SMILES string of the molecule is CC[C@@H](c1cccc(OCC(C)C)c1)[C@@H](C)C(=O)O. The van der Waals surface area contributed by atoms with Crippen LogP contribution in [0.15, 0.2) is 24.3 Å². The maximum Gasteiger partial charge on any atom is 0.306 e. The van der Waals surface area contributed by atoms with Crippen LogP contribution in [0.25, 0.3) is 0 Å². The molecule has 0 aromatic heterocycles. The summed E-state index contributed by atoms with van der Waals surface area (Å²) in [6, 6.07) is 7.80. The van der Waals surface area contributed by atoms with Gasteiger partial charge in [0.25, 0.3) is 0 Å². The number of carboxylic acids is 1. The number of hydrogen-bond donors (Lipinski definition) is 1. The first kappa shape index (κ1) is 15.5. The van der Waals surface area contributed by atoms with Gasteiger partial charge in [-0.2, -0.15) is 0 Å². The summed E-state index contributed by atoms with van der Waals surface area (Å²) in [7, 11) is 0. The molecule has 1 aromatic rings. The molecule has 0 radical (unpaired) electrons. The van der Waals surface area contributed by atoms with E-state index in [0.29, 0.717) is 12.5 Å². The first-order valence-electron chi connectivity index (χ1n) is 6.91. The molecule has 0 amide bonds. The van der Waals surface area contributed by atoms with E-state index >= 15 is 0 Å². The Bertz CT molecular complexity index is 412. The van der Waals surface area contributed by atoms with Gasteiger partial charge in [0.1, 0.15) is 5.75 Å². The van der Waals surface area contributed by atoms with Crippen LogP contribution in [0.2, 0.25) is 0 Å². The summed E-state index contributed by atoms with van der Waals surface area (Å²) < 4.78 is 5.70.